The summed E-state index contributed by atoms with van der Waals surface area (Å²) in [5.41, 5.74) is 3.11. The number of nitrogens with zero attached hydrogens (tertiary/aromatic N) is 1. The predicted molar refractivity (Wildman–Crippen MR) is 78.5 cm³/mol. The van der Waals surface area contributed by atoms with Crippen LogP contribution in [0.15, 0.2) is 12.1 Å². The summed E-state index contributed by atoms with van der Waals surface area (Å²) in [6.07, 6.45) is 1.24. The summed E-state index contributed by atoms with van der Waals surface area (Å²) in [6.45, 7) is 6.27. The van der Waals surface area contributed by atoms with Gasteiger partial charge in [-0.2, -0.15) is 0 Å². The maximum atomic E-state index is 12.2. The second-order valence-corrected chi connectivity index (χ2v) is 5.60. The lowest BCUT2D eigenvalue weighted by Gasteiger charge is -2.22. The molecule has 1 aromatic rings. The van der Waals surface area contributed by atoms with Gasteiger partial charge in [-0.3, -0.25) is 4.79 Å². The summed E-state index contributed by atoms with van der Waals surface area (Å²) in [5, 5.41) is 9.10. The lowest BCUT2D eigenvalue weighted by Crippen LogP contribution is -2.42. The van der Waals surface area contributed by atoms with E-state index in [1.165, 1.54) is 4.90 Å². The van der Waals surface area contributed by atoms with Crippen molar-refractivity contribution in [3.63, 3.8) is 0 Å². The molecule has 114 valence electrons. The zero-order valence-corrected chi connectivity index (χ0v) is 12.7. The number of aryl methyl sites for hydroxylation is 3. The van der Waals surface area contributed by atoms with Crippen molar-refractivity contribution in [3.05, 3.63) is 28.8 Å². The fourth-order valence-electron chi connectivity index (χ4n) is 2.93. The maximum absolute atomic E-state index is 12.2. The molecule has 0 unspecified atom stereocenters. The van der Waals surface area contributed by atoms with Crippen molar-refractivity contribution in [1.29, 1.82) is 0 Å². The van der Waals surface area contributed by atoms with E-state index in [2.05, 4.69) is 0 Å². The highest BCUT2D eigenvalue weighted by atomic mass is 16.5. The number of hydrogen-bond acceptors (Lipinski definition) is 3. The Bertz CT molecular complexity index is 544. The SMILES string of the molecule is Cc1cc(C)c(OCC(=O)N2CCC[C@@H]2C(=O)O)c(C)c1. The van der Waals surface area contributed by atoms with Gasteiger partial charge in [0.25, 0.3) is 5.91 Å². The average Bonchev–Trinajstić information content (AvgIpc) is 2.86. The first-order valence-electron chi connectivity index (χ1n) is 7.13. The molecule has 0 aliphatic carbocycles. The van der Waals surface area contributed by atoms with Gasteiger partial charge in [0.15, 0.2) is 6.61 Å². The maximum Gasteiger partial charge on any atom is 0.326 e. The normalized spacial score (nSPS) is 17.9. The lowest BCUT2D eigenvalue weighted by atomic mass is 10.1. The van der Waals surface area contributed by atoms with Gasteiger partial charge >= 0.3 is 5.97 Å². The van der Waals surface area contributed by atoms with Crippen LogP contribution >= 0.6 is 0 Å². The van der Waals surface area contributed by atoms with Gasteiger partial charge in [-0.05, 0) is 44.7 Å². The fraction of sp³-hybridized carbons (Fsp3) is 0.500. The number of ether oxygens (including phenoxy) is 1. The minimum atomic E-state index is -0.941. The molecule has 1 aromatic carbocycles. The highest BCUT2D eigenvalue weighted by molar-refractivity contribution is 5.85. The summed E-state index contributed by atoms with van der Waals surface area (Å²) in [5.74, 6) is -0.497. The number of carbonyl (C=O) groups excluding carboxylic acids is 1. The van der Waals surface area contributed by atoms with Crippen molar-refractivity contribution in [2.75, 3.05) is 13.2 Å². The topological polar surface area (TPSA) is 66.8 Å². The molecule has 1 N–H and O–H groups in total. The van der Waals surface area contributed by atoms with E-state index in [1.807, 2.05) is 32.9 Å². The fourth-order valence-corrected chi connectivity index (χ4v) is 2.93. The second kappa shape index (κ2) is 6.16. The smallest absolute Gasteiger partial charge is 0.326 e. The quantitative estimate of drug-likeness (QED) is 0.922. The van der Waals surface area contributed by atoms with Gasteiger partial charge in [0, 0.05) is 6.54 Å². The van der Waals surface area contributed by atoms with Gasteiger partial charge in [0.1, 0.15) is 11.8 Å². The van der Waals surface area contributed by atoms with Gasteiger partial charge in [-0.25, -0.2) is 4.79 Å². The van der Waals surface area contributed by atoms with Crippen molar-refractivity contribution in [2.24, 2.45) is 0 Å². The Morgan fingerprint density at radius 3 is 2.48 bits per heavy atom. The van der Waals surface area contributed by atoms with Gasteiger partial charge in [0.2, 0.25) is 0 Å². The Hall–Kier alpha value is -2.04. The minimum absolute atomic E-state index is 0.117. The van der Waals surface area contributed by atoms with Gasteiger partial charge in [-0.1, -0.05) is 17.7 Å². The van der Waals surface area contributed by atoms with E-state index in [0.717, 1.165) is 23.1 Å². The van der Waals surface area contributed by atoms with Crippen molar-refractivity contribution >= 4 is 11.9 Å². The molecule has 5 heteroatoms. The van der Waals surface area contributed by atoms with Crippen LogP contribution in [0, 0.1) is 20.8 Å². The number of likely N-dealkylation sites (tertiary alicyclic amines) is 1. The van der Waals surface area contributed by atoms with Crippen LogP contribution in [-0.4, -0.2) is 41.1 Å². The second-order valence-electron chi connectivity index (χ2n) is 5.60. The molecule has 0 spiro atoms. The number of carboxylic acids is 1. The first-order valence-corrected chi connectivity index (χ1v) is 7.13. The lowest BCUT2D eigenvalue weighted by molar-refractivity contribution is -0.149. The van der Waals surface area contributed by atoms with Crippen LogP contribution in [0.4, 0.5) is 0 Å². The zero-order chi connectivity index (χ0) is 15.6. The molecule has 1 fully saturated rings. The predicted octanol–water partition coefficient (Wildman–Crippen LogP) is 2.07. The monoisotopic (exact) mass is 291 g/mol. The number of benzene rings is 1. The van der Waals surface area contributed by atoms with E-state index >= 15 is 0 Å². The molecule has 1 amide bonds. The number of carboxylic acid groups (broad SMARTS) is 1. The van der Waals surface area contributed by atoms with E-state index in [0.29, 0.717) is 18.7 Å². The van der Waals surface area contributed by atoms with Crippen molar-refractivity contribution in [2.45, 2.75) is 39.7 Å². The Morgan fingerprint density at radius 2 is 1.90 bits per heavy atom. The molecular weight excluding hydrogens is 270 g/mol. The summed E-state index contributed by atoms with van der Waals surface area (Å²) in [7, 11) is 0. The molecule has 1 aliphatic rings. The molecule has 2 rings (SSSR count). The van der Waals surface area contributed by atoms with Crippen LogP contribution in [0.3, 0.4) is 0 Å². The number of amides is 1. The van der Waals surface area contributed by atoms with E-state index in [9.17, 15) is 9.59 Å². The van der Waals surface area contributed by atoms with E-state index in [-0.39, 0.29) is 12.5 Å². The standard InChI is InChI=1S/C16H21NO4/c1-10-7-11(2)15(12(3)8-10)21-9-14(18)17-6-4-5-13(17)16(19)20/h7-8,13H,4-6,9H2,1-3H3,(H,19,20)/t13-/m1/s1. The Labute approximate surface area is 124 Å². The third-order valence-electron chi connectivity index (χ3n) is 3.80. The number of rotatable bonds is 4. The zero-order valence-electron chi connectivity index (χ0n) is 12.7. The summed E-state index contributed by atoms with van der Waals surface area (Å²) in [4.78, 5) is 24.7. The molecule has 21 heavy (non-hydrogen) atoms. The average molecular weight is 291 g/mol. The Kier molecular flexibility index (Phi) is 4.50. The number of aliphatic carboxylic acids is 1. The molecule has 1 aliphatic heterocycles. The van der Waals surface area contributed by atoms with Crippen LogP contribution in [0.5, 0.6) is 5.75 Å². The Balaban J connectivity index is 2.03. The van der Waals surface area contributed by atoms with Crippen molar-refractivity contribution in [3.8, 4) is 5.75 Å². The minimum Gasteiger partial charge on any atom is -0.483 e. The number of carbonyl (C=O) groups is 2. The highest BCUT2D eigenvalue weighted by Crippen LogP contribution is 2.25. The summed E-state index contributed by atoms with van der Waals surface area (Å²) < 4.78 is 5.64. The molecule has 1 heterocycles. The first-order chi connectivity index (χ1) is 9.90. The summed E-state index contributed by atoms with van der Waals surface area (Å²) >= 11 is 0. The Morgan fingerprint density at radius 1 is 1.29 bits per heavy atom. The van der Waals surface area contributed by atoms with Crippen LogP contribution < -0.4 is 4.74 Å². The van der Waals surface area contributed by atoms with Crippen LogP contribution in [0.25, 0.3) is 0 Å². The summed E-state index contributed by atoms with van der Waals surface area (Å²) in [6, 6.07) is 3.30. The van der Waals surface area contributed by atoms with Crippen LogP contribution in [0.1, 0.15) is 29.5 Å². The van der Waals surface area contributed by atoms with Gasteiger partial charge < -0.3 is 14.7 Å². The van der Waals surface area contributed by atoms with E-state index in [4.69, 9.17) is 9.84 Å². The molecule has 1 atom stereocenters. The van der Waals surface area contributed by atoms with Gasteiger partial charge in [0.05, 0.1) is 0 Å². The molecule has 1 saturated heterocycles. The third kappa shape index (κ3) is 3.35. The highest BCUT2D eigenvalue weighted by Gasteiger charge is 2.34. The third-order valence-corrected chi connectivity index (χ3v) is 3.80. The van der Waals surface area contributed by atoms with Gasteiger partial charge in [-0.15, -0.1) is 0 Å². The molecule has 0 aromatic heterocycles. The number of hydrogen-bond donors (Lipinski definition) is 1. The molecule has 0 saturated carbocycles. The van der Waals surface area contributed by atoms with Crippen molar-refractivity contribution < 1.29 is 19.4 Å². The molecule has 0 radical (unpaired) electrons. The van der Waals surface area contributed by atoms with Crippen molar-refractivity contribution in [1.82, 2.24) is 4.90 Å². The largest absolute Gasteiger partial charge is 0.483 e. The van der Waals surface area contributed by atoms with E-state index < -0.39 is 12.0 Å². The first kappa shape index (κ1) is 15.4. The molecular formula is C16H21NO4. The molecule has 5 nitrogen and oxygen atoms in total. The van der Waals surface area contributed by atoms with Crippen LogP contribution in [-0.2, 0) is 9.59 Å². The van der Waals surface area contributed by atoms with E-state index in [1.54, 1.807) is 0 Å². The van der Waals surface area contributed by atoms with Crippen LogP contribution in [0.2, 0.25) is 0 Å². The molecule has 0 bridgehead atoms.